The Kier molecular flexibility index (Phi) is 4.89. The van der Waals surface area contributed by atoms with E-state index < -0.39 is 0 Å². The number of methoxy groups -OCH3 is 1. The van der Waals surface area contributed by atoms with E-state index in [4.69, 9.17) is 4.74 Å². The van der Waals surface area contributed by atoms with Crippen LogP contribution in [0.1, 0.15) is 43.9 Å². The van der Waals surface area contributed by atoms with Gasteiger partial charge < -0.3 is 15.0 Å². The van der Waals surface area contributed by atoms with E-state index in [1.54, 1.807) is 13.2 Å². The Labute approximate surface area is 127 Å². The van der Waals surface area contributed by atoms with E-state index in [9.17, 15) is 4.39 Å². The molecule has 0 amide bonds. The molecular weight excluding hydrogens is 267 g/mol. The molecule has 0 bridgehead atoms. The van der Waals surface area contributed by atoms with Crippen LogP contribution in [0.2, 0.25) is 0 Å². The van der Waals surface area contributed by atoms with Gasteiger partial charge >= 0.3 is 0 Å². The number of nitrogens with one attached hydrogen (secondary N) is 1. The third-order valence-corrected chi connectivity index (χ3v) is 4.70. The van der Waals surface area contributed by atoms with Crippen LogP contribution in [0.4, 0.5) is 10.1 Å². The lowest BCUT2D eigenvalue weighted by Crippen LogP contribution is -2.48. The van der Waals surface area contributed by atoms with Crippen LogP contribution < -0.4 is 10.2 Å². The summed E-state index contributed by atoms with van der Waals surface area (Å²) in [5, 5.41) is 3.22. The number of piperidine rings is 1. The number of benzene rings is 1. The summed E-state index contributed by atoms with van der Waals surface area (Å²) in [5.74, 6) is -0.137. The van der Waals surface area contributed by atoms with Gasteiger partial charge in [-0.15, -0.1) is 0 Å². The Bertz CT molecular complexity index is 506. The van der Waals surface area contributed by atoms with E-state index >= 15 is 0 Å². The van der Waals surface area contributed by atoms with Gasteiger partial charge in [-0.25, -0.2) is 4.39 Å². The second-order valence-electron chi connectivity index (χ2n) is 6.35. The van der Waals surface area contributed by atoms with Crippen molar-refractivity contribution in [2.24, 2.45) is 0 Å². The number of anilines is 1. The standard InChI is InChI=1S/C17H27FN2O/c1-12-9-16(14(10-15(12)18)13(2)19-4)20-8-6-7-17(3,11-20)21-5/h9-10,13,19H,6-8,11H2,1-5H3. The van der Waals surface area contributed by atoms with E-state index in [0.717, 1.165) is 37.2 Å². The molecule has 1 saturated heterocycles. The predicted molar refractivity (Wildman–Crippen MR) is 85.5 cm³/mol. The molecule has 1 aliphatic rings. The molecule has 0 aliphatic carbocycles. The highest BCUT2D eigenvalue weighted by atomic mass is 19.1. The zero-order valence-corrected chi connectivity index (χ0v) is 13.8. The van der Waals surface area contributed by atoms with Crippen LogP contribution in [0.25, 0.3) is 0 Å². The molecule has 21 heavy (non-hydrogen) atoms. The Morgan fingerprint density at radius 2 is 2.14 bits per heavy atom. The van der Waals surface area contributed by atoms with Gasteiger partial charge in [0.25, 0.3) is 0 Å². The van der Waals surface area contributed by atoms with Crippen LogP contribution in [0.15, 0.2) is 12.1 Å². The van der Waals surface area contributed by atoms with Crippen molar-refractivity contribution in [1.82, 2.24) is 5.32 Å². The van der Waals surface area contributed by atoms with Crippen molar-refractivity contribution >= 4 is 5.69 Å². The predicted octanol–water partition coefficient (Wildman–Crippen LogP) is 3.42. The lowest BCUT2D eigenvalue weighted by Gasteiger charge is -2.42. The van der Waals surface area contributed by atoms with E-state index in [0.29, 0.717) is 5.56 Å². The zero-order chi connectivity index (χ0) is 15.6. The van der Waals surface area contributed by atoms with Gasteiger partial charge in [0.05, 0.1) is 5.60 Å². The Morgan fingerprint density at radius 3 is 2.76 bits per heavy atom. The summed E-state index contributed by atoms with van der Waals surface area (Å²) >= 11 is 0. The average Bonchev–Trinajstić information content (AvgIpc) is 2.48. The first-order valence-electron chi connectivity index (χ1n) is 7.67. The van der Waals surface area contributed by atoms with Crippen molar-refractivity contribution in [2.45, 2.75) is 45.3 Å². The van der Waals surface area contributed by atoms with Crippen LogP contribution in [0.5, 0.6) is 0 Å². The molecule has 0 aromatic heterocycles. The molecule has 1 N–H and O–H groups in total. The summed E-state index contributed by atoms with van der Waals surface area (Å²) in [7, 11) is 3.68. The Balaban J connectivity index is 2.40. The molecule has 118 valence electrons. The molecule has 0 radical (unpaired) electrons. The highest BCUT2D eigenvalue weighted by Crippen LogP contribution is 2.34. The number of ether oxygens (including phenoxy) is 1. The maximum Gasteiger partial charge on any atom is 0.126 e. The van der Waals surface area contributed by atoms with Crippen molar-refractivity contribution in [1.29, 1.82) is 0 Å². The number of halogens is 1. The molecule has 2 unspecified atom stereocenters. The molecule has 2 atom stereocenters. The third kappa shape index (κ3) is 3.38. The minimum Gasteiger partial charge on any atom is -0.377 e. The smallest absolute Gasteiger partial charge is 0.126 e. The second-order valence-corrected chi connectivity index (χ2v) is 6.35. The SMILES string of the molecule is CNC(C)c1cc(F)c(C)cc1N1CCCC(C)(OC)C1. The lowest BCUT2D eigenvalue weighted by atomic mass is 9.92. The van der Waals surface area contributed by atoms with Crippen molar-refractivity contribution in [3.05, 3.63) is 29.1 Å². The van der Waals surface area contributed by atoms with Gasteiger partial charge in [-0.05, 0) is 63.9 Å². The van der Waals surface area contributed by atoms with Gasteiger partial charge in [-0.1, -0.05) is 0 Å². The first-order chi connectivity index (χ1) is 9.90. The molecule has 1 heterocycles. The maximum absolute atomic E-state index is 14.0. The molecular formula is C17H27FN2O. The Hall–Kier alpha value is -1.13. The molecule has 3 nitrogen and oxygen atoms in total. The molecule has 1 aromatic rings. The topological polar surface area (TPSA) is 24.5 Å². The van der Waals surface area contributed by atoms with E-state index in [1.165, 1.54) is 0 Å². The first kappa shape index (κ1) is 16.2. The summed E-state index contributed by atoms with van der Waals surface area (Å²) < 4.78 is 19.6. The molecule has 1 fully saturated rings. The Morgan fingerprint density at radius 1 is 1.43 bits per heavy atom. The van der Waals surface area contributed by atoms with Crippen LogP contribution >= 0.6 is 0 Å². The van der Waals surface area contributed by atoms with Crippen LogP contribution in [0, 0.1) is 12.7 Å². The number of hydrogen-bond donors (Lipinski definition) is 1. The van der Waals surface area contributed by atoms with E-state index in [2.05, 4.69) is 24.1 Å². The summed E-state index contributed by atoms with van der Waals surface area (Å²) in [6.07, 6.45) is 2.16. The van der Waals surface area contributed by atoms with Crippen molar-refractivity contribution < 1.29 is 9.13 Å². The highest BCUT2D eigenvalue weighted by Gasteiger charge is 2.32. The fraction of sp³-hybridized carbons (Fsp3) is 0.647. The monoisotopic (exact) mass is 294 g/mol. The van der Waals surface area contributed by atoms with Gasteiger partial charge in [0.15, 0.2) is 0 Å². The summed E-state index contributed by atoms with van der Waals surface area (Å²) in [5.41, 5.74) is 2.71. The van der Waals surface area contributed by atoms with Gasteiger partial charge in [-0.2, -0.15) is 0 Å². The van der Waals surface area contributed by atoms with Crippen molar-refractivity contribution in [3.8, 4) is 0 Å². The van der Waals surface area contributed by atoms with Crippen LogP contribution in [0.3, 0.4) is 0 Å². The second kappa shape index (κ2) is 6.32. The largest absolute Gasteiger partial charge is 0.377 e. The molecule has 4 heteroatoms. The van der Waals surface area contributed by atoms with Crippen molar-refractivity contribution in [3.63, 3.8) is 0 Å². The van der Waals surface area contributed by atoms with Gasteiger partial charge in [0.2, 0.25) is 0 Å². The third-order valence-electron chi connectivity index (χ3n) is 4.70. The fourth-order valence-corrected chi connectivity index (χ4v) is 3.04. The van der Waals surface area contributed by atoms with Gasteiger partial charge in [-0.3, -0.25) is 0 Å². The molecule has 1 aliphatic heterocycles. The number of hydrogen-bond acceptors (Lipinski definition) is 3. The van der Waals surface area contributed by atoms with E-state index in [-0.39, 0.29) is 17.5 Å². The van der Waals surface area contributed by atoms with E-state index in [1.807, 2.05) is 20.0 Å². The minimum atomic E-state index is -0.137. The normalized spacial score (nSPS) is 24.2. The summed E-state index contributed by atoms with van der Waals surface area (Å²) in [6, 6.07) is 3.76. The highest BCUT2D eigenvalue weighted by molar-refractivity contribution is 5.57. The first-order valence-corrected chi connectivity index (χ1v) is 7.67. The zero-order valence-electron chi connectivity index (χ0n) is 13.8. The molecule has 0 spiro atoms. The number of rotatable bonds is 4. The molecule has 2 rings (SSSR count). The van der Waals surface area contributed by atoms with Crippen LogP contribution in [-0.2, 0) is 4.74 Å². The van der Waals surface area contributed by atoms with Gasteiger partial charge in [0, 0.05) is 31.9 Å². The number of nitrogens with zero attached hydrogens (tertiary/aromatic N) is 1. The summed E-state index contributed by atoms with van der Waals surface area (Å²) in [4.78, 5) is 2.34. The molecule has 1 aromatic carbocycles. The lowest BCUT2D eigenvalue weighted by molar-refractivity contribution is -0.00470. The average molecular weight is 294 g/mol. The van der Waals surface area contributed by atoms with Crippen LogP contribution in [-0.4, -0.2) is 32.8 Å². The van der Waals surface area contributed by atoms with Gasteiger partial charge in [0.1, 0.15) is 5.82 Å². The summed E-state index contributed by atoms with van der Waals surface area (Å²) in [6.45, 7) is 7.88. The fourth-order valence-electron chi connectivity index (χ4n) is 3.04. The van der Waals surface area contributed by atoms with Crippen molar-refractivity contribution in [2.75, 3.05) is 32.1 Å². The minimum absolute atomic E-state index is 0.117. The number of aryl methyl sites for hydroxylation is 1. The quantitative estimate of drug-likeness (QED) is 0.921. The molecule has 0 saturated carbocycles. The maximum atomic E-state index is 14.0.